The van der Waals surface area contributed by atoms with Crippen molar-refractivity contribution in [2.45, 2.75) is 0 Å². The largest absolute Gasteiger partial charge is 0.506 e. The number of nitrogens with zero attached hydrogens (tertiary/aromatic N) is 2. The first kappa shape index (κ1) is 8.52. The van der Waals surface area contributed by atoms with E-state index in [1.807, 2.05) is 0 Å². The summed E-state index contributed by atoms with van der Waals surface area (Å²) in [6.07, 6.45) is 2.70. The molecule has 0 saturated heterocycles. The van der Waals surface area contributed by atoms with Crippen molar-refractivity contribution >= 4 is 5.91 Å². The molecule has 0 unspecified atom stereocenters. The SMILES string of the molecule is CN(C)C(=O)c1cncc(O)c1. The van der Waals surface area contributed by atoms with Gasteiger partial charge in [0.1, 0.15) is 5.75 Å². The van der Waals surface area contributed by atoms with Gasteiger partial charge in [0.15, 0.2) is 0 Å². The molecular weight excluding hydrogens is 156 g/mol. The van der Waals surface area contributed by atoms with E-state index in [1.54, 1.807) is 14.1 Å². The van der Waals surface area contributed by atoms with Crippen LogP contribution in [-0.2, 0) is 0 Å². The summed E-state index contributed by atoms with van der Waals surface area (Å²) >= 11 is 0. The highest BCUT2D eigenvalue weighted by atomic mass is 16.3. The van der Waals surface area contributed by atoms with Crippen molar-refractivity contribution in [1.82, 2.24) is 9.88 Å². The molecule has 1 heterocycles. The molecule has 0 bridgehead atoms. The van der Waals surface area contributed by atoms with Gasteiger partial charge < -0.3 is 10.0 Å². The number of pyridine rings is 1. The fraction of sp³-hybridized carbons (Fsp3) is 0.250. The minimum absolute atomic E-state index is 0.00250. The second-order valence-electron chi connectivity index (χ2n) is 2.63. The van der Waals surface area contributed by atoms with Gasteiger partial charge in [0.2, 0.25) is 0 Å². The Labute approximate surface area is 70.5 Å². The van der Waals surface area contributed by atoms with Crippen LogP contribution in [0.15, 0.2) is 18.5 Å². The maximum atomic E-state index is 11.3. The van der Waals surface area contributed by atoms with E-state index in [1.165, 1.54) is 23.4 Å². The molecule has 12 heavy (non-hydrogen) atoms. The summed E-state index contributed by atoms with van der Waals surface area (Å²) in [6, 6.07) is 1.38. The van der Waals surface area contributed by atoms with Crippen molar-refractivity contribution in [1.29, 1.82) is 0 Å². The summed E-state index contributed by atoms with van der Waals surface area (Å²) < 4.78 is 0. The smallest absolute Gasteiger partial charge is 0.255 e. The molecule has 1 aromatic rings. The first-order valence-corrected chi connectivity index (χ1v) is 3.47. The second-order valence-corrected chi connectivity index (χ2v) is 2.63. The Bertz CT molecular complexity index is 297. The van der Waals surface area contributed by atoms with E-state index in [-0.39, 0.29) is 11.7 Å². The average Bonchev–Trinajstić information content (AvgIpc) is 2.03. The fourth-order valence-corrected chi connectivity index (χ4v) is 0.803. The Balaban J connectivity index is 2.96. The summed E-state index contributed by atoms with van der Waals surface area (Å²) in [6.45, 7) is 0. The van der Waals surface area contributed by atoms with E-state index in [2.05, 4.69) is 4.98 Å². The third-order valence-electron chi connectivity index (χ3n) is 1.38. The van der Waals surface area contributed by atoms with Crippen molar-refractivity contribution < 1.29 is 9.90 Å². The lowest BCUT2D eigenvalue weighted by Crippen LogP contribution is -2.21. The molecule has 0 aliphatic rings. The molecule has 1 amide bonds. The highest BCUT2D eigenvalue weighted by Crippen LogP contribution is 2.09. The molecule has 1 aromatic heterocycles. The first-order valence-electron chi connectivity index (χ1n) is 3.47. The maximum absolute atomic E-state index is 11.3. The normalized spacial score (nSPS) is 9.50. The molecular formula is C8H10N2O2. The maximum Gasteiger partial charge on any atom is 0.255 e. The number of hydrogen-bond acceptors (Lipinski definition) is 3. The van der Waals surface area contributed by atoms with Crippen molar-refractivity contribution in [3.05, 3.63) is 24.0 Å². The van der Waals surface area contributed by atoms with Gasteiger partial charge in [-0.05, 0) is 6.07 Å². The van der Waals surface area contributed by atoms with Gasteiger partial charge in [0.05, 0.1) is 11.8 Å². The number of aromatic hydroxyl groups is 1. The lowest BCUT2D eigenvalue weighted by atomic mass is 10.2. The molecule has 4 nitrogen and oxygen atoms in total. The number of hydrogen-bond donors (Lipinski definition) is 1. The topological polar surface area (TPSA) is 53.4 Å². The predicted octanol–water partition coefficient (Wildman–Crippen LogP) is 0.489. The summed E-state index contributed by atoms with van der Waals surface area (Å²) in [5.41, 5.74) is 0.389. The Morgan fingerprint density at radius 3 is 2.67 bits per heavy atom. The number of amides is 1. The minimum Gasteiger partial charge on any atom is -0.506 e. The van der Waals surface area contributed by atoms with Gasteiger partial charge in [-0.1, -0.05) is 0 Å². The van der Waals surface area contributed by atoms with E-state index in [4.69, 9.17) is 5.11 Å². The van der Waals surface area contributed by atoms with Gasteiger partial charge in [-0.15, -0.1) is 0 Å². The van der Waals surface area contributed by atoms with Crippen LogP contribution in [0.25, 0.3) is 0 Å². The number of carbonyl (C=O) groups excluding carboxylic acids is 1. The van der Waals surface area contributed by atoms with Gasteiger partial charge in [0.25, 0.3) is 5.91 Å². The van der Waals surface area contributed by atoms with E-state index in [0.29, 0.717) is 5.56 Å². The minimum atomic E-state index is -0.168. The monoisotopic (exact) mass is 166 g/mol. The molecule has 0 aliphatic carbocycles. The lowest BCUT2D eigenvalue weighted by molar-refractivity contribution is 0.0827. The quantitative estimate of drug-likeness (QED) is 0.660. The molecule has 0 spiro atoms. The Kier molecular flexibility index (Phi) is 2.28. The zero-order chi connectivity index (χ0) is 9.14. The second kappa shape index (κ2) is 3.21. The number of rotatable bonds is 1. The molecule has 4 heteroatoms. The highest BCUT2D eigenvalue weighted by molar-refractivity contribution is 5.93. The third-order valence-corrected chi connectivity index (χ3v) is 1.38. The summed E-state index contributed by atoms with van der Waals surface area (Å²) in [4.78, 5) is 16.4. The summed E-state index contributed by atoms with van der Waals surface area (Å²) in [7, 11) is 3.29. The summed E-state index contributed by atoms with van der Waals surface area (Å²) in [5, 5.41) is 9.01. The Morgan fingerprint density at radius 1 is 1.50 bits per heavy atom. The van der Waals surface area contributed by atoms with Crippen molar-refractivity contribution in [3.8, 4) is 5.75 Å². The van der Waals surface area contributed by atoms with Gasteiger partial charge >= 0.3 is 0 Å². The average molecular weight is 166 g/mol. The predicted molar refractivity (Wildman–Crippen MR) is 43.9 cm³/mol. The number of carbonyl (C=O) groups is 1. The molecule has 0 aromatic carbocycles. The van der Waals surface area contributed by atoms with Crippen LogP contribution >= 0.6 is 0 Å². The van der Waals surface area contributed by atoms with E-state index >= 15 is 0 Å². The van der Waals surface area contributed by atoms with Gasteiger partial charge in [-0.2, -0.15) is 0 Å². The molecule has 0 saturated carbocycles. The lowest BCUT2D eigenvalue weighted by Gasteiger charge is -2.09. The van der Waals surface area contributed by atoms with Crippen LogP contribution < -0.4 is 0 Å². The van der Waals surface area contributed by atoms with Crippen LogP contribution in [0, 0.1) is 0 Å². The van der Waals surface area contributed by atoms with Crippen molar-refractivity contribution in [3.63, 3.8) is 0 Å². The van der Waals surface area contributed by atoms with Crippen LogP contribution in [0.5, 0.6) is 5.75 Å². The van der Waals surface area contributed by atoms with Gasteiger partial charge in [-0.25, -0.2) is 0 Å². The van der Waals surface area contributed by atoms with Gasteiger partial charge in [0, 0.05) is 20.3 Å². The van der Waals surface area contributed by atoms with Gasteiger partial charge in [-0.3, -0.25) is 9.78 Å². The molecule has 0 aliphatic heterocycles. The number of aromatic nitrogens is 1. The van der Waals surface area contributed by atoms with E-state index < -0.39 is 0 Å². The molecule has 64 valence electrons. The van der Waals surface area contributed by atoms with E-state index in [9.17, 15) is 4.79 Å². The zero-order valence-corrected chi connectivity index (χ0v) is 6.98. The third kappa shape index (κ3) is 1.72. The molecule has 1 rings (SSSR count). The highest BCUT2D eigenvalue weighted by Gasteiger charge is 2.07. The Morgan fingerprint density at radius 2 is 2.17 bits per heavy atom. The molecule has 1 N–H and O–H groups in total. The molecule has 0 fully saturated rings. The zero-order valence-electron chi connectivity index (χ0n) is 6.98. The first-order chi connectivity index (χ1) is 5.61. The van der Waals surface area contributed by atoms with Crippen LogP contribution in [0.3, 0.4) is 0 Å². The van der Waals surface area contributed by atoms with Crippen LogP contribution in [0.4, 0.5) is 0 Å². The Hall–Kier alpha value is -1.58. The van der Waals surface area contributed by atoms with E-state index in [0.717, 1.165) is 0 Å². The molecule has 0 radical (unpaired) electrons. The van der Waals surface area contributed by atoms with Crippen molar-refractivity contribution in [2.24, 2.45) is 0 Å². The van der Waals surface area contributed by atoms with Crippen LogP contribution in [0.1, 0.15) is 10.4 Å². The standard InChI is InChI=1S/C8H10N2O2/c1-10(2)8(12)6-3-7(11)5-9-4-6/h3-5,11H,1-2H3. The molecule has 0 atom stereocenters. The van der Waals surface area contributed by atoms with Crippen LogP contribution in [-0.4, -0.2) is 35.0 Å². The fourth-order valence-electron chi connectivity index (χ4n) is 0.803. The van der Waals surface area contributed by atoms with Crippen molar-refractivity contribution in [2.75, 3.05) is 14.1 Å². The summed E-state index contributed by atoms with van der Waals surface area (Å²) in [5.74, 6) is -0.166. The van der Waals surface area contributed by atoms with Crippen LogP contribution in [0.2, 0.25) is 0 Å².